The van der Waals surface area contributed by atoms with Gasteiger partial charge in [0.25, 0.3) is 0 Å². The number of ether oxygens (including phenoxy) is 2. The zero-order valence-corrected chi connectivity index (χ0v) is 13.9. The second-order valence-electron chi connectivity index (χ2n) is 5.15. The van der Waals surface area contributed by atoms with Gasteiger partial charge in [0.2, 0.25) is 0 Å². The van der Waals surface area contributed by atoms with Crippen LogP contribution < -0.4 is 10.1 Å². The Morgan fingerprint density at radius 3 is 2.50 bits per heavy atom. The molecule has 0 saturated carbocycles. The van der Waals surface area contributed by atoms with Gasteiger partial charge in [0.05, 0.1) is 23.8 Å². The summed E-state index contributed by atoms with van der Waals surface area (Å²) >= 11 is 6.11. The molecule has 20 heavy (non-hydrogen) atoms. The van der Waals surface area contributed by atoms with Crippen LogP contribution in [0.4, 0.5) is 0 Å². The van der Waals surface area contributed by atoms with Crippen LogP contribution in [0.1, 0.15) is 45.2 Å². The number of nitrogens with one attached hydrogen (secondary N) is 1. The number of methoxy groups -OCH3 is 2. The SMILES string of the molecule is CCCNC(c1ccc(Cl)c(OC)c1)C(C)(CC)OC. The lowest BCUT2D eigenvalue weighted by atomic mass is 9.87. The number of hydrogen-bond donors (Lipinski definition) is 1. The van der Waals surface area contributed by atoms with E-state index in [4.69, 9.17) is 21.1 Å². The van der Waals surface area contributed by atoms with Crippen molar-refractivity contribution in [2.75, 3.05) is 20.8 Å². The standard InChI is InChI=1S/C16H26ClNO2/c1-6-10-18-15(16(3,7-2)20-5)12-8-9-13(17)14(11-12)19-4/h8-9,11,15,18H,6-7,10H2,1-5H3. The Bertz CT molecular complexity index is 419. The zero-order chi connectivity index (χ0) is 15.2. The summed E-state index contributed by atoms with van der Waals surface area (Å²) < 4.78 is 11.1. The number of benzene rings is 1. The maximum absolute atomic E-state index is 6.11. The largest absolute Gasteiger partial charge is 0.495 e. The Balaban J connectivity index is 3.16. The first-order chi connectivity index (χ1) is 9.52. The highest BCUT2D eigenvalue weighted by Gasteiger charge is 2.33. The molecule has 1 N–H and O–H groups in total. The average molecular weight is 300 g/mol. The van der Waals surface area contributed by atoms with E-state index in [1.54, 1.807) is 14.2 Å². The molecule has 1 aromatic rings. The summed E-state index contributed by atoms with van der Waals surface area (Å²) in [6, 6.07) is 6.00. The lowest BCUT2D eigenvalue weighted by Gasteiger charge is -2.37. The monoisotopic (exact) mass is 299 g/mol. The summed E-state index contributed by atoms with van der Waals surface area (Å²) in [5.41, 5.74) is 0.861. The molecule has 2 unspecified atom stereocenters. The van der Waals surface area contributed by atoms with Gasteiger partial charge < -0.3 is 14.8 Å². The summed E-state index contributed by atoms with van der Waals surface area (Å²) in [4.78, 5) is 0. The maximum Gasteiger partial charge on any atom is 0.137 e. The molecule has 1 aromatic carbocycles. The molecule has 0 aliphatic carbocycles. The van der Waals surface area contributed by atoms with Crippen LogP contribution >= 0.6 is 11.6 Å². The fraction of sp³-hybridized carbons (Fsp3) is 0.625. The highest BCUT2D eigenvalue weighted by molar-refractivity contribution is 6.32. The molecule has 0 amide bonds. The van der Waals surface area contributed by atoms with Crippen molar-refractivity contribution >= 4 is 11.6 Å². The predicted octanol–water partition coefficient (Wildman–Crippen LogP) is 4.20. The summed E-state index contributed by atoms with van der Waals surface area (Å²) in [6.45, 7) is 7.36. The van der Waals surface area contributed by atoms with E-state index in [2.05, 4.69) is 26.1 Å². The van der Waals surface area contributed by atoms with Crippen LogP contribution in [-0.4, -0.2) is 26.4 Å². The molecule has 0 aliphatic rings. The Morgan fingerprint density at radius 1 is 1.30 bits per heavy atom. The van der Waals surface area contributed by atoms with Crippen molar-refractivity contribution in [2.24, 2.45) is 0 Å². The van der Waals surface area contributed by atoms with Gasteiger partial charge in [-0.05, 0) is 44.0 Å². The van der Waals surface area contributed by atoms with E-state index in [0.29, 0.717) is 10.8 Å². The van der Waals surface area contributed by atoms with Crippen molar-refractivity contribution in [3.05, 3.63) is 28.8 Å². The topological polar surface area (TPSA) is 30.5 Å². The number of rotatable bonds is 8. The third-order valence-electron chi connectivity index (χ3n) is 3.89. The molecule has 0 heterocycles. The molecule has 114 valence electrons. The maximum atomic E-state index is 6.11. The molecular weight excluding hydrogens is 274 g/mol. The lowest BCUT2D eigenvalue weighted by Crippen LogP contribution is -2.43. The summed E-state index contributed by atoms with van der Waals surface area (Å²) in [6.07, 6.45) is 1.99. The van der Waals surface area contributed by atoms with Crippen LogP contribution in [0, 0.1) is 0 Å². The molecule has 1 rings (SSSR count). The smallest absolute Gasteiger partial charge is 0.137 e. The Hall–Kier alpha value is -0.770. The Morgan fingerprint density at radius 2 is 2.00 bits per heavy atom. The van der Waals surface area contributed by atoms with Crippen molar-refractivity contribution in [3.8, 4) is 5.75 Å². The molecule has 0 aliphatic heterocycles. The fourth-order valence-corrected chi connectivity index (χ4v) is 2.49. The van der Waals surface area contributed by atoms with Crippen LogP contribution in [0.2, 0.25) is 5.02 Å². The van der Waals surface area contributed by atoms with Crippen molar-refractivity contribution in [1.29, 1.82) is 0 Å². The van der Waals surface area contributed by atoms with Crippen LogP contribution in [0.15, 0.2) is 18.2 Å². The minimum Gasteiger partial charge on any atom is -0.495 e. The van der Waals surface area contributed by atoms with Crippen molar-refractivity contribution in [1.82, 2.24) is 5.32 Å². The molecule has 3 nitrogen and oxygen atoms in total. The van der Waals surface area contributed by atoms with Gasteiger partial charge in [-0.15, -0.1) is 0 Å². The van der Waals surface area contributed by atoms with E-state index in [9.17, 15) is 0 Å². The summed E-state index contributed by atoms with van der Waals surface area (Å²) in [7, 11) is 3.39. The van der Waals surface area contributed by atoms with Crippen LogP contribution in [0.3, 0.4) is 0 Å². The Labute approximate surface area is 127 Å². The quantitative estimate of drug-likeness (QED) is 0.780. The second-order valence-corrected chi connectivity index (χ2v) is 5.56. The van der Waals surface area contributed by atoms with Gasteiger partial charge in [-0.25, -0.2) is 0 Å². The van der Waals surface area contributed by atoms with Crippen molar-refractivity contribution < 1.29 is 9.47 Å². The number of halogens is 1. The molecular formula is C16H26ClNO2. The van der Waals surface area contributed by atoms with Gasteiger partial charge in [-0.3, -0.25) is 0 Å². The average Bonchev–Trinajstić information content (AvgIpc) is 2.48. The van der Waals surface area contributed by atoms with Gasteiger partial charge in [0, 0.05) is 7.11 Å². The summed E-state index contributed by atoms with van der Waals surface area (Å²) in [5.74, 6) is 0.696. The minimum atomic E-state index is -0.270. The third-order valence-corrected chi connectivity index (χ3v) is 4.20. The first-order valence-electron chi connectivity index (χ1n) is 7.14. The zero-order valence-electron chi connectivity index (χ0n) is 13.1. The van der Waals surface area contributed by atoms with Crippen LogP contribution in [0.5, 0.6) is 5.75 Å². The minimum absolute atomic E-state index is 0.101. The van der Waals surface area contributed by atoms with Gasteiger partial charge in [0.1, 0.15) is 5.75 Å². The van der Waals surface area contributed by atoms with Crippen LogP contribution in [-0.2, 0) is 4.74 Å². The van der Waals surface area contributed by atoms with Gasteiger partial charge >= 0.3 is 0 Å². The third kappa shape index (κ3) is 3.87. The highest BCUT2D eigenvalue weighted by atomic mass is 35.5. The van der Waals surface area contributed by atoms with E-state index in [-0.39, 0.29) is 11.6 Å². The van der Waals surface area contributed by atoms with Crippen LogP contribution in [0.25, 0.3) is 0 Å². The van der Waals surface area contributed by atoms with E-state index in [0.717, 1.165) is 24.9 Å². The molecule has 0 fully saturated rings. The second kappa shape index (κ2) is 7.87. The molecule has 0 bridgehead atoms. The molecule has 0 saturated heterocycles. The summed E-state index contributed by atoms with van der Waals surface area (Å²) in [5, 5.41) is 4.20. The molecule has 4 heteroatoms. The van der Waals surface area contributed by atoms with Gasteiger partial charge in [-0.2, -0.15) is 0 Å². The van der Waals surface area contributed by atoms with Gasteiger partial charge in [-0.1, -0.05) is 31.5 Å². The highest BCUT2D eigenvalue weighted by Crippen LogP contribution is 2.35. The van der Waals surface area contributed by atoms with E-state index < -0.39 is 0 Å². The Kier molecular flexibility index (Phi) is 6.80. The first kappa shape index (κ1) is 17.3. The van der Waals surface area contributed by atoms with Crippen molar-refractivity contribution in [3.63, 3.8) is 0 Å². The normalized spacial score (nSPS) is 15.7. The molecule has 0 spiro atoms. The molecule has 2 atom stereocenters. The first-order valence-corrected chi connectivity index (χ1v) is 7.52. The van der Waals surface area contributed by atoms with E-state index in [1.807, 2.05) is 18.2 Å². The molecule has 0 aromatic heterocycles. The van der Waals surface area contributed by atoms with E-state index >= 15 is 0 Å². The fourth-order valence-electron chi connectivity index (χ4n) is 2.30. The molecule has 0 radical (unpaired) electrons. The lowest BCUT2D eigenvalue weighted by molar-refractivity contribution is -0.0299. The van der Waals surface area contributed by atoms with E-state index in [1.165, 1.54) is 0 Å². The predicted molar refractivity (Wildman–Crippen MR) is 84.7 cm³/mol. The van der Waals surface area contributed by atoms with Gasteiger partial charge in [0.15, 0.2) is 0 Å². The van der Waals surface area contributed by atoms with Crippen molar-refractivity contribution in [2.45, 2.75) is 45.3 Å². The number of hydrogen-bond acceptors (Lipinski definition) is 3.